The summed E-state index contributed by atoms with van der Waals surface area (Å²) in [7, 11) is 0. The van der Waals surface area contributed by atoms with Gasteiger partial charge in [0.2, 0.25) is 0 Å². The van der Waals surface area contributed by atoms with E-state index < -0.39 is 0 Å². The van der Waals surface area contributed by atoms with Gasteiger partial charge in [-0.15, -0.1) is 12.4 Å². The van der Waals surface area contributed by atoms with Crippen LogP contribution in [0.4, 0.5) is 0 Å². The zero-order valence-corrected chi connectivity index (χ0v) is 17.6. The summed E-state index contributed by atoms with van der Waals surface area (Å²) in [5.74, 6) is 0. The third kappa shape index (κ3) is 16.7. The van der Waals surface area contributed by atoms with Gasteiger partial charge < -0.3 is 4.90 Å². The van der Waals surface area contributed by atoms with Crippen LogP contribution >= 0.6 is 12.4 Å². The maximum Gasteiger partial charge on any atom is 0.0851 e. The standard InChI is InChI=1S/C22H42N2.ClH/c1-2-3-4-5-6-7-8-9-10-11-12-13-14-15-16-17-18-20-24-21-19-23-22-24;/h9-10,22H,2-8,11-21H2,1H3;1H/b10-9-;. The number of unbranched alkanes of at least 4 members (excludes halogenated alkanes) is 13. The monoisotopic (exact) mass is 370 g/mol. The van der Waals surface area contributed by atoms with E-state index in [9.17, 15) is 0 Å². The minimum absolute atomic E-state index is 0. The molecule has 1 heterocycles. The molecule has 1 aliphatic heterocycles. The number of halogens is 1. The number of aliphatic imine (C=N–C) groups is 1. The lowest BCUT2D eigenvalue weighted by molar-refractivity contribution is 0.439. The van der Waals surface area contributed by atoms with Crippen molar-refractivity contribution in [1.82, 2.24) is 4.90 Å². The van der Waals surface area contributed by atoms with Gasteiger partial charge in [-0.3, -0.25) is 4.99 Å². The molecule has 3 heteroatoms. The molecule has 1 aliphatic rings. The molecule has 0 atom stereocenters. The molecule has 0 amide bonds. The Kier molecular flexibility index (Phi) is 19.4. The van der Waals surface area contributed by atoms with Crippen molar-refractivity contribution >= 4 is 18.7 Å². The highest BCUT2D eigenvalue weighted by Gasteiger charge is 2.03. The fourth-order valence-electron chi connectivity index (χ4n) is 3.33. The summed E-state index contributed by atoms with van der Waals surface area (Å²) in [6, 6.07) is 0. The summed E-state index contributed by atoms with van der Waals surface area (Å²) in [5.41, 5.74) is 0. The molecule has 0 aromatic rings. The van der Waals surface area contributed by atoms with Crippen LogP contribution in [0, 0.1) is 0 Å². The van der Waals surface area contributed by atoms with E-state index in [1.165, 1.54) is 103 Å². The first-order valence-electron chi connectivity index (χ1n) is 10.8. The van der Waals surface area contributed by atoms with Crippen LogP contribution in [0.5, 0.6) is 0 Å². The van der Waals surface area contributed by atoms with Gasteiger partial charge in [0.15, 0.2) is 0 Å². The molecule has 0 aliphatic carbocycles. The SMILES string of the molecule is CCCCCCCC/C=C\CCCCCCCCCN1C=NCC1.Cl. The van der Waals surface area contributed by atoms with Gasteiger partial charge >= 0.3 is 0 Å². The van der Waals surface area contributed by atoms with Gasteiger partial charge in [0, 0.05) is 13.1 Å². The molecule has 0 fully saturated rings. The third-order valence-corrected chi connectivity index (χ3v) is 4.97. The normalized spacial score (nSPS) is 13.7. The van der Waals surface area contributed by atoms with Crippen LogP contribution in [0.15, 0.2) is 17.1 Å². The van der Waals surface area contributed by atoms with Crippen molar-refractivity contribution in [1.29, 1.82) is 0 Å². The molecular weight excluding hydrogens is 328 g/mol. The maximum atomic E-state index is 4.26. The zero-order chi connectivity index (χ0) is 17.1. The Bertz CT molecular complexity index is 315. The summed E-state index contributed by atoms with van der Waals surface area (Å²) in [5, 5.41) is 0. The molecule has 0 saturated carbocycles. The van der Waals surface area contributed by atoms with E-state index in [2.05, 4.69) is 29.0 Å². The van der Waals surface area contributed by atoms with Gasteiger partial charge in [-0.1, -0.05) is 83.3 Å². The first-order valence-corrected chi connectivity index (χ1v) is 10.8. The van der Waals surface area contributed by atoms with Crippen LogP contribution in [0.3, 0.4) is 0 Å². The van der Waals surface area contributed by atoms with Crippen LogP contribution in [-0.4, -0.2) is 30.9 Å². The summed E-state index contributed by atoms with van der Waals surface area (Å²) in [4.78, 5) is 6.61. The number of hydrogen-bond acceptors (Lipinski definition) is 2. The van der Waals surface area contributed by atoms with E-state index in [4.69, 9.17) is 0 Å². The number of rotatable bonds is 17. The van der Waals surface area contributed by atoms with E-state index in [-0.39, 0.29) is 12.4 Å². The quantitative estimate of drug-likeness (QED) is 0.195. The van der Waals surface area contributed by atoms with Crippen LogP contribution in [0.1, 0.15) is 103 Å². The predicted octanol–water partition coefficient (Wildman–Crippen LogP) is 7.18. The second-order valence-electron chi connectivity index (χ2n) is 7.35. The molecule has 0 saturated heterocycles. The number of hydrogen-bond donors (Lipinski definition) is 0. The Labute approximate surface area is 164 Å². The third-order valence-electron chi connectivity index (χ3n) is 4.97. The van der Waals surface area contributed by atoms with Crippen LogP contribution in [0.2, 0.25) is 0 Å². The Hall–Kier alpha value is -0.500. The molecular formula is C22H43ClN2. The zero-order valence-electron chi connectivity index (χ0n) is 16.8. The fourth-order valence-corrected chi connectivity index (χ4v) is 3.33. The summed E-state index contributed by atoms with van der Waals surface area (Å²) in [6.45, 7) is 5.65. The highest BCUT2D eigenvalue weighted by Crippen LogP contribution is 2.11. The van der Waals surface area contributed by atoms with E-state index in [1.54, 1.807) is 0 Å². The van der Waals surface area contributed by atoms with Crippen molar-refractivity contribution in [2.24, 2.45) is 4.99 Å². The lowest BCUT2D eigenvalue weighted by Gasteiger charge is -2.12. The highest BCUT2D eigenvalue weighted by molar-refractivity contribution is 5.85. The van der Waals surface area contributed by atoms with Crippen molar-refractivity contribution in [3.63, 3.8) is 0 Å². The lowest BCUT2D eigenvalue weighted by Crippen LogP contribution is -2.20. The molecule has 0 aromatic heterocycles. The molecule has 0 bridgehead atoms. The Morgan fingerprint density at radius 2 is 1.28 bits per heavy atom. The minimum atomic E-state index is 0. The van der Waals surface area contributed by atoms with Crippen molar-refractivity contribution in [3.05, 3.63) is 12.2 Å². The van der Waals surface area contributed by atoms with Crippen LogP contribution < -0.4 is 0 Å². The van der Waals surface area contributed by atoms with Gasteiger partial charge in [0.1, 0.15) is 0 Å². The van der Waals surface area contributed by atoms with Crippen molar-refractivity contribution in [2.75, 3.05) is 19.6 Å². The summed E-state index contributed by atoms with van der Waals surface area (Å²) in [6.07, 6.45) is 27.7. The van der Waals surface area contributed by atoms with Gasteiger partial charge in [-0.2, -0.15) is 0 Å². The smallest absolute Gasteiger partial charge is 0.0851 e. The molecule has 25 heavy (non-hydrogen) atoms. The van der Waals surface area contributed by atoms with Crippen molar-refractivity contribution < 1.29 is 0 Å². The number of nitrogens with zero attached hydrogens (tertiary/aromatic N) is 2. The predicted molar refractivity (Wildman–Crippen MR) is 116 cm³/mol. The molecule has 0 aromatic carbocycles. The molecule has 1 rings (SSSR count). The lowest BCUT2D eigenvalue weighted by atomic mass is 10.1. The molecule has 0 spiro atoms. The average Bonchev–Trinajstić information content (AvgIpc) is 3.11. The van der Waals surface area contributed by atoms with Crippen molar-refractivity contribution in [2.45, 2.75) is 103 Å². The van der Waals surface area contributed by atoms with Gasteiger partial charge in [0.05, 0.1) is 12.9 Å². The van der Waals surface area contributed by atoms with Crippen LogP contribution in [0.25, 0.3) is 0 Å². The summed E-state index contributed by atoms with van der Waals surface area (Å²) < 4.78 is 0. The maximum absolute atomic E-state index is 4.26. The Morgan fingerprint density at radius 3 is 1.80 bits per heavy atom. The Balaban J connectivity index is 0.00000576. The highest BCUT2D eigenvalue weighted by atomic mass is 35.5. The van der Waals surface area contributed by atoms with Gasteiger partial charge in [0.25, 0.3) is 0 Å². The first kappa shape index (κ1) is 24.5. The van der Waals surface area contributed by atoms with E-state index in [0.717, 1.165) is 13.1 Å². The van der Waals surface area contributed by atoms with Crippen LogP contribution in [-0.2, 0) is 0 Å². The number of allylic oxidation sites excluding steroid dienone is 2. The Morgan fingerprint density at radius 1 is 0.760 bits per heavy atom. The van der Waals surface area contributed by atoms with E-state index in [1.807, 2.05) is 6.34 Å². The van der Waals surface area contributed by atoms with Gasteiger partial charge in [-0.05, 0) is 32.1 Å². The molecule has 2 nitrogen and oxygen atoms in total. The van der Waals surface area contributed by atoms with Crippen molar-refractivity contribution in [3.8, 4) is 0 Å². The van der Waals surface area contributed by atoms with Gasteiger partial charge in [-0.25, -0.2) is 0 Å². The minimum Gasteiger partial charge on any atom is -0.361 e. The second-order valence-corrected chi connectivity index (χ2v) is 7.35. The van der Waals surface area contributed by atoms with E-state index in [0.29, 0.717) is 0 Å². The topological polar surface area (TPSA) is 15.6 Å². The second kappa shape index (κ2) is 19.8. The molecule has 148 valence electrons. The first-order chi connectivity index (χ1) is 11.9. The summed E-state index contributed by atoms with van der Waals surface area (Å²) >= 11 is 0. The fraction of sp³-hybridized carbons (Fsp3) is 0.864. The van der Waals surface area contributed by atoms with E-state index >= 15 is 0 Å². The average molecular weight is 371 g/mol. The molecule has 0 unspecified atom stereocenters. The molecule has 0 radical (unpaired) electrons. The largest absolute Gasteiger partial charge is 0.361 e. The molecule has 0 N–H and O–H groups in total.